The van der Waals surface area contributed by atoms with Crippen LogP contribution in [0.15, 0.2) is 24.3 Å². The second-order valence-corrected chi connectivity index (χ2v) is 5.12. The lowest BCUT2D eigenvalue weighted by atomic mass is 9.87. The van der Waals surface area contributed by atoms with E-state index in [2.05, 4.69) is 23.5 Å². The zero-order valence-electron chi connectivity index (χ0n) is 9.82. The van der Waals surface area contributed by atoms with Crippen molar-refractivity contribution < 1.29 is 0 Å². The van der Waals surface area contributed by atoms with Gasteiger partial charge in [-0.15, -0.1) is 0 Å². The van der Waals surface area contributed by atoms with Gasteiger partial charge in [0.2, 0.25) is 0 Å². The van der Waals surface area contributed by atoms with E-state index in [1.807, 2.05) is 12.1 Å². The molecule has 1 N–H and O–H groups in total. The molecule has 1 aromatic rings. The zero-order chi connectivity index (χ0) is 12.1. The van der Waals surface area contributed by atoms with Crippen LogP contribution < -0.4 is 5.32 Å². The number of nitriles is 1. The van der Waals surface area contributed by atoms with Gasteiger partial charge in [0.05, 0.1) is 6.07 Å². The highest BCUT2D eigenvalue weighted by Gasteiger charge is 2.19. The fourth-order valence-electron chi connectivity index (χ4n) is 2.29. The van der Waals surface area contributed by atoms with E-state index in [0.29, 0.717) is 6.04 Å². The van der Waals surface area contributed by atoms with Crippen molar-refractivity contribution in [3.8, 4) is 6.07 Å². The monoisotopic (exact) mass is 248 g/mol. The molecule has 2 nitrogen and oxygen atoms in total. The molecule has 1 aromatic carbocycles. The molecule has 0 spiro atoms. The molecule has 0 saturated heterocycles. The van der Waals surface area contributed by atoms with Crippen LogP contribution in [0, 0.1) is 17.2 Å². The Morgan fingerprint density at radius 3 is 2.41 bits per heavy atom. The topological polar surface area (TPSA) is 35.8 Å². The molecule has 0 aliphatic heterocycles. The second kappa shape index (κ2) is 6.05. The van der Waals surface area contributed by atoms with Gasteiger partial charge in [-0.1, -0.05) is 23.7 Å². The minimum atomic E-state index is 0.281. The molecule has 0 radical (unpaired) electrons. The maximum absolute atomic E-state index is 8.83. The third-order valence-electron chi connectivity index (χ3n) is 3.42. The third kappa shape index (κ3) is 3.73. The maximum atomic E-state index is 8.83. The molecule has 0 unspecified atom stereocenters. The molecule has 1 saturated carbocycles. The van der Waals surface area contributed by atoms with E-state index in [1.165, 1.54) is 5.56 Å². The summed E-state index contributed by atoms with van der Waals surface area (Å²) in [5.74, 6) is 0.281. The van der Waals surface area contributed by atoms with Crippen LogP contribution in [0.1, 0.15) is 31.2 Å². The smallest absolute Gasteiger partial charge is 0.0655 e. The van der Waals surface area contributed by atoms with Gasteiger partial charge in [-0.25, -0.2) is 0 Å². The van der Waals surface area contributed by atoms with Crippen molar-refractivity contribution in [1.82, 2.24) is 5.32 Å². The molecule has 0 bridgehead atoms. The largest absolute Gasteiger partial charge is 0.310 e. The summed E-state index contributed by atoms with van der Waals surface area (Å²) in [6, 6.07) is 10.9. The number of nitrogens with zero attached hydrogens (tertiary/aromatic N) is 1. The average molecular weight is 249 g/mol. The number of rotatable bonds is 3. The van der Waals surface area contributed by atoms with Crippen LogP contribution in [0.3, 0.4) is 0 Å². The van der Waals surface area contributed by atoms with E-state index in [0.717, 1.165) is 37.3 Å². The standard InChI is InChI=1S/C14H17ClN2/c15-13-5-1-12(2-6-13)10-17-14-7-3-11(9-16)4-8-14/h1-2,5-6,11,14,17H,3-4,7-8,10H2. The molecule has 0 amide bonds. The molecular weight excluding hydrogens is 232 g/mol. The van der Waals surface area contributed by atoms with Gasteiger partial charge in [0.25, 0.3) is 0 Å². The van der Waals surface area contributed by atoms with Crippen molar-refractivity contribution in [1.29, 1.82) is 5.26 Å². The van der Waals surface area contributed by atoms with Crippen LogP contribution in [-0.4, -0.2) is 6.04 Å². The number of hydrogen-bond acceptors (Lipinski definition) is 2. The van der Waals surface area contributed by atoms with E-state index in [9.17, 15) is 0 Å². The Hall–Kier alpha value is -1.04. The predicted octanol–water partition coefficient (Wildman–Crippen LogP) is 3.51. The van der Waals surface area contributed by atoms with E-state index < -0.39 is 0 Å². The lowest BCUT2D eigenvalue weighted by Crippen LogP contribution is -2.32. The second-order valence-electron chi connectivity index (χ2n) is 4.69. The van der Waals surface area contributed by atoms with Gasteiger partial charge in [0.15, 0.2) is 0 Å². The van der Waals surface area contributed by atoms with Crippen LogP contribution in [0.2, 0.25) is 5.02 Å². The Labute approximate surface area is 108 Å². The summed E-state index contributed by atoms with van der Waals surface area (Å²) in [5.41, 5.74) is 1.26. The molecule has 17 heavy (non-hydrogen) atoms. The average Bonchev–Trinajstić information content (AvgIpc) is 2.39. The van der Waals surface area contributed by atoms with Gasteiger partial charge < -0.3 is 5.32 Å². The number of hydrogen-bond donors (Lipinski definition) is 1. The molecule has 2 rings (SSSR count). The van der Waals surface area contributed by atoms with Crippen LogP contribution in [0.25, 0.3) is 0 Å². The van der Waals surface area contributed by atoms with Gasteiger partial charge >= 0.3 is 0 Å². The van der Waals surface area contributed by atoms with E-state index in [1.54, 1.807) is 0 Å². The molecule has 0 heterocycles. The number of benzene rings is 1. The molecular formula is C14H17ClN2. The Morgan fingerprint density at radius 1 is 1.18 bits per heavy atom. The summed E-state index contributed by atoms with van der Waals surface area (Å²) in [6.07, 6.45) is 4.31. The SMILES string of the molecule is N#CC1CCC(NCc2ccc(Cl)cc2)CC1. The summed E-state index contributed by atoms with van der Waals surface area (Å²) in [5, 5.41) is 13.2. The Kier molecular flexibility index (Phi) is 4.42. The van der Waals surface area contributed by atoms with Crippen molar-refractivity contribution in [2.24, 2.45) is 5.92 Å². The van der Waals surface area contributed by atoms with E-state index >= 15 is 0 Å². The first-order valence-corrected chi connectivity index (χ1v) is 6.53. The minimum Gasteiger partial charge on any atom is -0.310 e. The Morgan fingerprint density at radius 2 is 1.82 bits per heavy atom. The van der Waals surface area contributed by atoms with E-state index in [-0.39, 0.29) is 5.92 Å². The van der Waals surface area contributed by atoms with Crippen LogP contribution in [0.4, 0.5) is 0 Å². The predicted molar refractivity (Wildman–Crippen MR) is 69.7 cm³/mol. The fraction of sp³-hybridized carbons (Fsp3) is 0.500. The van der Waals surface area contributed by atoms with Crippen molar-refractivity contribution in [3.63, 3.8) is 0 Å². The van der Waals surface area contributed by atoms with Gasteiger partial charge in [-0.2, -0.15) is 5.26 Å². The molecule has 0 atom stereocenters. The van der Waals surface area contributed by atoms with Gasteiger partial charge in [-0.05, 0) is 43.4 Å². The molecule has 3 heteroatoms. The number of nitrogens with one attached hydrogen (secondary N) is 1. The van der Waals surface area contributed by atoms with Gasteiger partial charge in [0.1, 0.15) is 0 Å². The lowest BCUT2D eigenvalue weighted by molar-refractivity contribution is 0.331. The van der Waals surface area contributed by atoms with Crippen molar-refractivity contribution in [2.45, 2.75) is 38.3 Å². The summed E-state index contributed by atoms with van der Waals surface area (Å²) in [6.45, 7) is 0.888. The maximum Gasteiger partial charge on any atom is 0.0655 e. The molecule has 1 fully saturated rings. The Balaban J connectivity index is 1.76. The zero-order valence-corrected chi connectivity index (χ0v) is 10.6. The minimum absolute atomic E-state index is 0.281. The first-order chi connectivity index (χ1) is 8.28. The molecule has 1 aliphatic carbocycles. The normalized spacial score (nSPS) is 24.2. The highest BCUT2D eigenvalue weighted by molar-refractivity contribution is 6.30. The number of halogens is 1. The molecule has 90 valence electrons. The summed E-state index contributed by atoms with van der Waals surface area (Å²) < 4.78 is 0. The molecule has 0 aromatic heterocycles. The van der Waals surface area contributed by atoms with Crippen molar-refractivity contribution in [2.75, 3.05) is 0 Å². The lowest BCUT2D eigenvalue weighted by Gasteiger charge is -2.25. The first kappa shape index (κ1) is 12.4. The van der Waals surface area contributed by atoms with Crippen LogP contribution >= 0.6 is 11.6 Å². The quantitative estimate of drug-likeness (QED) is 0.889. The van der Waals surface area contributed by atoms with Gasteiger partial charge in [-0.3, -0.25) is 0 Å². The molecule has 1 aliphatic rings. The highest BCUT2D eigenvalue weighted by Crippen LogP contribution is 2.23. The third-order valence-corrected chi connectivity index (χ3v) is 3.67. The summed E-state index contributed by atoms with van der Waals surface area (Å²) >= 11 is 5.84. The summed E-state index contributed by atoms with van der Waals surface area (Å²) in [7, 11) is 0. The van der Waals surface area contributed by atoms with E-state index in [4.69, 9.17) is 16.9 Å². The Bertz CT molecular complexity index is 386. The van der Waals surface area contributed by atoms with Crippen molar-refractivity contribution in [3.05, 3.63) is 34.9 Å². The van der Waals surface area contributed by atoms with Crippen molar-refractivity contribution >= 4 is 11.6 Å². The van der Waals surface area contributed by atoms with Crippen LogP contribution in [0.5, 0.6) is 0 Å². The fourth-order valence-corrected chi connectivity index (χ4v) is 2.42. The first-order valence-electron chi connectivity index (χ1n) is 6.15. The summed E-state index contributed by atoms with van der Waals surface area (Å²) in [4.78, 5) is 0. The highest BCUT2D eigenvalue weighted by atomic mass is 35.5. The van der Waals surface area contributed by atoms with Gasteiger partial charge in [0, 0.05) is 23.5 Å². The van der Waals surface area contributed by atoms with Crippen LogP contribution in [-0.2, 0) is 6.54 Å².